The van der Waals surface area contributed by atoms with Crippen LogP contribution in [0.5, 0.6) is 0 Å². The summed E-state index contributed by atoms with van der Waals surface area (Å²) in [5, 5.41) is 55.8. The Labute approximate surface area is 174 Å². The lowest BCUT2D eigenvalue weighted by molar-refractivity contribution is -0.0180. The van der Waals surface area contributed by atoms with Gasteiger partial charge in [0.25, 0.3) is 0 Å². The molecule has 170 valence electrons. The maximum absolute atomic E-state index is 12.4. The molecule has 0 saturated heterocycles. The first-order valence-corrected chi connectivity index (χ1v) is 9.45. The van der Waals surface area contributed by atoms with E-state index in [2.05, 4.69) is 0 Å². The van der Waals surface area contributed by atoms with Gasteiger partial charge in [-0.2, -0.15) is 0 Å². The van der Waals surface area contributed by atoms with E-state index in [0.29, 0.717) is 0 Å². The third kappa shape index (κ3) is 6.73. The van der Waals surface area contributed by atoms with Crippen molar-refractivity contribution < 1.29 is 49.7 Å². The fourth-order valence-corrected chi connectivity index (χ4v) is 2.49. The Balaban J connectivity index is 2.74. The van der Waals surface area contributed by atoms with Gasteiger partial charge in [0.1, 0.15) is 0 Å². The Kier molecular flexibility index (Phi) is 10.9. The van der Waals surface area contributed by atoms with Crippen LogP contribution in [0, 0.1) is 10.8 Å². The molecule has 0 aromatic heterocycles. The normalized spacial score (nSPS) is 11.9. The van der Waals surface area contributed by atoms with Crippen molar-refractivity contribution >= 4 is 11.9 Å². The van der Waals surface area contributed by atoms with Crippen LogP contribution in [0.2, 0.25) is 0 Å². The second-order valence-electron chi connectivity index (χ2n) is 7.27. The highest BCUT2D eigenvalue weighted by atomic mass is 16.5. The number of aliphatic hydroxyl groups excluding tert-OH is 6. The first kappa shape index (κ1) is 26.0. The van der Waals surface area contributed by atoms with Gasteiger partial charge in [-0.05, 0) is 25.0 Å². The summed E-state index contributed by atoms with van der Waals surface area (Å²) in [5.41, 5.74) is -2.47. The molecule has 0 aliphatic carbocycles. The third-order valence-electron chi connectivity index (χ3n) is 5.11. The Morgan fingerprint density at radius 3 is 1.20 bits per heavy atom. The number of aliphatic hydroxyl groups is 6. The molecule has 0 heterocycles. The van der Waals surface area contributed by atoms with Gasteiger partial charge in [0, 0.05) is 10.8 Å². The van der Waals surface area contributed by atoms with Crippen molar-refractivity contribution in [3.05, 3.63) is 35.4 Å². The van der Waals surface area contributed by atoms with Crippen LogP contribution in [0.4, 0.5) is 0 Å². The van der Waals surface area contributed by atoms with Crippen LogP contribution in [-0.2, 0) is 9.47 Å². The average molecular weight is 430 g/mol. The molecule has 30 heavy (non-hydrogen) atoms. The lowest BCUT2D eigenvalue weighted by Gasteiger charge is -2.27. The average Bonchev–Trinajstić information content (AvgIpc) is 2.80. The molecule has 0 saturated carbocycles. The minimum absolute atomic E-state index is 0.0143. The van der Waals surface area contributed by atoms with Crippen molar-refractivity contribution in [3.63, 3.8) is 0 Å². The Morgan fingerprint density at radius 1 is 0.633 bits per heavy atom. The first-order chi connectivity index (χ1) is 14.4. The minimum atomic E-state index is -1.18. The number of carbonyl (C=O) groups is 2. The van der Waals surface area contributed by atoms with Crippen LogP contribution in [0.3, 0.4) is 0 Å². The molecule has 1 aromatic carbocycles. The third-order valence-corrected chi connectivity index (χ3v) is 5.11. The fourth-order valence-electron chi connectivity index (χ4n) is 2.49. The largest absolute Gasteiger partial charge is 0.462 e. The second kappa shape index (κ2) is 12.6. The molecular weight excluding hydrogens is 400 g/mol. The summed E-state index contributed by atoms with van der Waals surface area (Å²) >= 11 is 0. The van der Waals surface area contributed by atoms with E-state index in [1.54, 1.807) is 0 Å². The molecule has 0 spiro atoms. The van der Waals surface area contributed by atoms with Crippen LogP contribution in [-0.4, -0.2) is 95.4 Å². The van der Waals surface area contributed by atoms with E-state index in [-0.39, 0.29) is 37.2 Å². The van der Waals surface area contributed by atoms with Crippen molar-refractivity contribution in [1.29, 1.82) is 0 Å². The molecule has 0 radical (unpaired) electrons. The summed E-state index contributed by atoms with van der Waals surface area (Å²) in [5.74, 6) is -1.64. The molecule has 1 aromatic rings. The van der Waals surface area contributed by atoms with E-state index in [0.717, 1.165) is 0 Å². The molecule has 0 unspecified atom stereocenters. The van der Waals surface area contributed by atoms with E-state index in [4.69, 9.17) is 9.47 Å². The summed E-state index contributed by atoms with van der Waals surface area (Å²) in [6.07, 6.45) is 0.0286. The number of hydrogen-bond donors (Lipinski definition) is 6. The maximum atomic E-state index is 12.4. The zero-order valence-electron chi connectivity index (χ0n) is 16.7. The van der Waals surface area contributed by atoms with Gasteiger partial charge in [-0.15, -0.1) is 0 Å². The monoisotopic (exact) mass is 430 g/mol. The zero-order valence-corrected chi connectivity index (χ0v) is 16.7. The Bertz CT molecular complexity index is 594. The summed E-state index contributed by atoms with van der Waals surface area (Å²) in [6, 6.07) is 5.80. The van der Waals surface area contributed by atoms with Gasteiger partial charge in [0.2, 0.25) is 0 Å². The van der Waals surface area contributed by atoms with Crippen molar-refractivity contribution in [2.75, 3.05) is 52.9 Å². The second-order valence-corrected chi connectivity index (χ2v) is 7.27. The topological polar surface area (TPSA) is 174 Å². The number of benzene rings is 1. The van der Waals surface area contributed by atoms with Crippen LogP contribution in [0.1, 0.15) is 33.6 Å². The van der Waals surface area contributed by atoms with Gasteiger partial charge >= 0.3 is 11.9 Å². The number of ether oxygens (including phenoxy) is 2. The van der Waals surface area contributed by atoms with Crippen LogP contribution < -0.4 is 0 Å². The Morgan fingerprint density at radius 2 is 0.933 bits per heavy atom. The summed E-state index contributed by atoms with van der Waals surface area (Å²) < 4.78 is 10.2. The van der Waals surface area contributed by atoms with Crippen molar-refractivity contribution in [2.45, 2.75) is 12.8 Å². The van der Waals surface area contributed by atoms with Crippen molar-refractivity contribution in [3.8, 4) is 0 Å². The van der Waals surface area contributed by atoms with E-state index in [1.165, 1.54) is 24.3 Å². The SMILES string of the molecule is O=C(OCCC(CO)(CO)CO)c1ccccc1C(=O)OCCC(CO)(CO)CO. The summed E-state index contributed by atoms with van der Waals surface area (Å²) in [4.78, 5) is 24.8. The number of hydrogen-bond acceptors (Lipinski definition) is 10. The molecule has 0 aliphatic heterocycles. The first-order valence-electron chi connectivity index (χ1n) is 9.45. The van der Waals surface area contributed by atoms with Crippen molar-refractivity contribution in [1.82, 2.24) is 0 Å². The molecule has 0 fully saturated rings. The van der Waals surface area contributed by atoms with Crippen LogP contribution in [0.15, 0.2) is 24.3 Å². The van der Waals surface area contributed by atoms with Crippen LogP contribution >= 0.6 is 0 Å². The summed E-state index contributed by atoms with van der Waals surface area (Å²) in [7, 11) is 0. The van der Waals surface area contributed by atoms with E-state index >= 15 is 0 Å². The van der Waals surface area contributed by atoms with Crippen molar-refractivity contribution in [2.24, 2.45) is 10.8 Å². The lowest BCUT2D eigenvalue weighted by Crippen LogP contribution is -2.35. The molecule has 0 bridgehead atoms. The zero-order chi connectivity index (χ0) is 22.6. The standard InChI is InChI=1S/C20H30O10/c21-9-19(10-22,11-23)5-7-29-17(27)15-3-1-2-4-16(15)18(28)30-8-6-20(12-24,13-25)14-26/h1-4,21-26H,5-14H2. The predicted octanol–water partition coefficient (Wildman–Crippen LogP) is -1.29. The lowest BCUT2D eigenvalue weighted by atomic mass is 9.88. The van der Waals surface area contributed by atoms with E-state index < -0.39 is 62.4 Å². The minimum Gasteiger partial charge on any atom is -0.462 e. The molecule has 1 rings (SSSR count). The highest BCUT2D eigenvalue weighted by Crippen LogP contribution is 2.22. The smallest absolute Gasteiger partial charge is 0.339 e. The van der Waals surface area contributed by atoms with Gasteiger partial charge in [-0.25, -0.2) is 9.59 Å². The molecular formula is C20H30O10. The molecule has 10 nitrogen and oxygen atoms in total. The van der Waals surface area contributed by atoms with Gasteiger partial charge in [0.05, 0.1) is 64.0 Å². The molecule has 0 aliphatic rings. The number of carbonyl (C=O) groups excluding carboxylic acids is 2. The van der Waals surface area contributed by atoms with Gasteiger partial charge in [0.15, 0.2) is 0 Å². The number of esters is 2. The Hall–Kier alpha value is -2.08. The van der Waals surface area contributed by atoms with Gasteiger partial charge in [-0.1, -0.05) is 12.1 Å². The van der Waals surface area contributed by atoms with Gasteiger partial charge in [-0.3, -0.25) is 0 Å². The molecule has 6 N–H and O–H groups in total. The van der Waals surface area contributed by atoms with E-state index in [9.17, 15) is 40.2 Å². The van der Waals surface area contributed by atoms with E-state index in [1.807, 2.05) is 0 Å². The molecule has 0 atom stereocenters. The molecule has 10 heteroatoms. The fraction of sp³-hybridized carbons (Fsp3) is 0.600. The maximum Gasteiger partial charge on any atom is 0.339 e. The molecule has 0 amide bonds. The highest BCUT2D eigenvalue weighted by molar-refractivity contribution is 6.03. The van der Waals surface area contributed by atoms with Crippen LogP contribution in [0.25, 0.3) is 0 Å². The highest BCUT2D eigenvalue weighted by Gasteiger charge is 2.30. The predicted molar refractivity (Wildman–Crippen MR) is 104 cm³/mol. The summed E-state index contributed by atoms with van der Waals surface area (Å²) in [6.45, 7) is -3.33. The van der Waals surface area contributed by atoms with Gasteiger partial charge < -0.3 is 40.1 Å². The number of rotatable bonds is 14. The quantitative estimate of drug-likeness (QED) is 0.195.